The summed E-state index contributed by atoms with van der Waals surface area (Å²) in [5.41, 5.74) is -0.966. The normalized spacial score (nSPS) is 17.8. The van der Waals surface area contributed by atoms with Crippen LogP contribution in [0, 0.1) is 15.6 Å². The molecule has 0 spiro atoms. The second kappa shape index (κ2) is 14.6. The molecule has 3 aromatic rings. The predicted octanol–water partition coefficient (Wildman–Crippen LogP) is 2.32. The summed E-state index contributed by atoms with van der Waals surface area (Å²) in [5.74, 6) is -4.29. The third-order valence-electron chi connectivity index (χ3n) is 6.58. The van der Waals surface area contributed by atoms with E-state index >= 15 is 0 Å². The molecule has 46 heavy (non-hydrogen) atoms. The van der Waals surface area contributed by atoms with E-state index in [4.69, 9.17) is 39.3 Å². The molecule has 1 heterocycles. The summed E-state index contributed by atoms with van der Waals surface area (Å²) < 4.78 is 26.8. The van der Waals surface area contributed by atoms with E-state index in [9.17, 15) is 34.8 Å². The maximum atomic E-state index is 13.1. The minimum atomic E-state index is -1.90. The van der Waals surface area contributed by atoms with Crippen molar-refractivity contribution in [3.05, 3.63) is 105 Å². The van der Waals surface area contributed by atoms with Crippen molar-refractivity contribution >= 4 is 40.9 Å². The standard InChI is InChI=1S/C28H24N3O15/c1-42-28(35)24(46-27(34)17-6-12-20(13-7-17)31(40)41)23-22(45-26(33)16-4-10-19(11-5-16)30(38)39)21(14-43-23)44-25(32)15-2-8-18(9-3-15)29(36)37/h2-13,21-24,36,38,40H,14H2,1H3/q-3. The number of nitrogens with zero attached hydrogens (tertiary/aromatic N) is 3. The van der Waals surface area contributed by atoms with Gasteiger partial charge in [-0.3, -0.25) is 15.6 Å². The first-order valence-corrected chi connectivity index (χ1v) is 13.0. The molecule has 1 saturated heterocycles. The summed E-state index contributed by atoms with van der Waals surface area (Å²) in [6.07, 6.45) is -6.51. The van der Waals surface area contributed by atoms with E-state index in [0.29, 0.717) is 0 Å². The van der Waals surface area contributed by atoms with E-state index in [1.807, 2.05) is 0 Å². The molecule has 1 aliphatic rings. The zero-order valence-corrected chi connectivity index (χ0v) is 23.5. The molecule has 0 aromatic heterocycles. The van der Waals surface area contributed by atoms with Gasteiger partial charge in [0.05, 0.1) is 47.5 Å². The average Bonchev–Trinajstić information content (AvgIpc) is 3.43. The van der Waals surface area contributed by atoms with Gasteiger partial charge in [-0.1, -0.05) is 0 Å². The monoisotopic (exact) mass is 642 g/mol. The van der Waals surface area contributed by atoms with Gasteiger partial charge in [0.2, 0.25) is 6.10 Å². The Morgan fingerprint density at radius 2 is 1.09 bits per heavy atom. The van der Waals surface area contributed by atoms with E-state index in [2.05, 4.69) is 0 Å². The van der Waals surface area contributed by atoms with Crippen molar-refractivity contribution in [3.63, 3.8) is 0 Å². The van der Waals surface area contributed by atoms with E-state index in [1.54, 1.807) is 0 Å². The van der Waals surface area contributed by atoms with Gasteiger partial charge in [-0.2, -0.15) is 0 Å². The van der Waals surface area contributed by atoms with Gasteiger partial charge in [0.1, 0.15) is 6.10 Å². The number of hydrogen-bond donors (Lipinski definition) is 3. The van der Waals surface area contributed by atoms with Crippen molar-refractivity contribution < 1.29 is 58.5 Å². The Morgan fingerprint density at radius 1 is 0.696 bits per heavy atom. The molecule has 0 amide bonds. The molecule has 18 nitrogen and oxygen atoms in total. The Morgan fingerprint density at radius 3 is 1.48 bits per heavy atom. The van der Waals surface area contributed by atoms with Crippen LogP contribution in [-0.4, -0.2) is 77.6 Å². The van der Waals surface area contributed by atoms with Crippen molar-refractivity contribution in [1.29, 1.82) is 0 Å². The van der Waals surface area contributed by atoms with E-state index in [0.717, 1.165) is 67.8 Å². The number of carbonyl (C=O) groups is 4. The smallest absolute Gasteiger partial charge is 0.350 e. The maximum absolute atomic E-state index is 13.1. The fourth-order valence-electron chi connectivity index (χ4n) is 4.23. The van der Waals surface area contributed by atoms with Crippen molar-refractivity contribution in [2.45, 2.75) is 24.4 Å². The molecule has 3 N–H and O–H groups in total. The van der Waals surface area contributed by atoms with Crippen LogP contribution in [0.2, 0.25) is 0 Å². The number of anilines is 3. The lowest BCUT2D eigenvalue weighted by Gasteiger charge is -2.27. The van der Waals surface area contributed by atoms with E-state index in [-0.39, 0.29) is 33.8 Å². The Balaban J connectivity index is 1.61. The highest BCUT2D eigenvalue weighted by Crippen LogP contribution is 2.29. The molecule has 0 bridgehead atoms. The van der Waals surface area contributed by atoms with Crippen molar-refractivity contribution in [1.82, 2.24) is 0 Å². The fraction of sp³-hybridized carbons (Fsp3) is 0.214. The molecule has 244 valence electrons. The lowest BCUT2D eigenvalue weighted by atomic mass is 10.0. The molecule has 4 rings (SSSR count). The fourth-order valence-corrected chi connectivity index (χ4v) is 4.23. The molecule has 18 heteroatoms. The second-order valence-electron chi connectivity index (χ2n) is 9.42. The third-order valence-corrected chi connectivity index (χ3v) is 6.58. The van der Waals surface area contributed by atoms with Crippen LogP contribution in [0.15, 0.2) is 72.8 Å². The predicted molar refractivity (Wildman–Crippen MR) is 152 cm³/mol. The summed E-state index contributed by atoms with van der Waals surface area (Å²) in [7, 11) is 0.983. The number of esters is 4. The van der Waals surface area contributed by atoms with Crippen molar-refractivity contribution in [3.8, 4) is 0 Å². The molecule has 4 atom stereocenters. The van der Waals surface area contributed by atoms with Crippen LogP contribution in [-0.2, 0) is 28.5 Å². The van der Waals surface area contributed by atoms with E-state index < -0.39 is 70.6 Å². The Kier molecular flexibility index (Phi) is 10.7. The van der Waals surface area contributed by atoms with Crippen LogP contribution in [0.4, 0.5) is 17.1 Å². The number of carbonyl (C=O) groups excluding carboxylic acids is 4. The number of ether oxygens (including phenoxy) is 5. The van der Waals surface area contributed by atoms with Crippen molar-refractivity contribution in [2.75, 3.05) is 29.4 Å². The van der Waals surface area contributed by atoms with Gasteiger partial charge < -0.3 is 55.0 Å². The summed E-state index contributed by atoms with van der Waals surface area (Å²) in [6, 6.07) is 13.5. The van der Waals surface area contributed by atoms with Crippen molar-refractivity contribution in [2.24, 2.45) is 0 Å². The molecule has 1 fully saturated rings. The lowest BCUT2D eigenvalue weighted by Crippen LogP contribution is -2.48. The van der Waals surface area contributed by atoms with Gasteiger partial charge in [0, 0.05) is 0 Å². The first-order chi connectivity index (χ1) is 21.9. The Bertz CT molecular complexity index is 1530. The zero-order chi connectivity index (χ0) is 33.5. The second-order valence-corrected chi connectivity index (χ2v) is 9.42. The quantitative estimate of drug-likeness (QED) is 0.154. The van der Waals surface area contributed by atoms with Crippen LogP contribution in [0.1, 0.15) is 31.1 Å². The number of benzene rings is 3. The molecule has 4 unspecified atom stereocenters. The molecule has 0 radical (unpaired) electrons. The number of rotatable bonds is 11. The minimum absolute atomic E-state index is 0.0835. The summed E-state index contributed by atoms with van der Waals surface area (Å²) in [4.78, 5) is 51.8. The van der Waals surface area contributed by atoms with Crippen LogP contribution in [0.3, 0.4) is 0 Å². The zero-order valence-electron chi connectivity index (χ0n) is 23.5. The van der Waals surface area contributed by atoms with Gasteiger partial charge in [-0.15, -0.1) is 0 Å². The van der Waals surface area contributed by atoms with Crippen LogP contribution >= 0.6 is 0 Å². The van der Waals surface area contributed by atoms with Crippen LogP contribution in [0.25, 0.3) is 0 Å². The summed E-state index contributed by atoms with van der Waals surface area (Å²) in [5, 5.41) is 59.1. The van der Waals surface area contributed by atoms with Gasteiger partial charge in [0.15, 0.2) is 12.2 Å². The number of hydrogen-bond acceptors (Lipinski definition) is 18. The van der Waals surface area contributed by atoms with Gasteiger partial charge in [-0.25, -0.2) is 19.2 Å². The maximum Gasteiger partial charge on any atom is 0.350 e. The highest BCUT2D eigenvalue weighted by atomic mass is 16.8. The van der Waals surface area contributed by atoms with Gasteiger partial charge >= 0.3 is 23.9 Å². The minimum Gasteiger partial charge on any atom is -0.733 e. The SMILES string of the molecule is COC(=O)C(OC(=O)c1ccc(N([O-])O)cc1)C1OCC(OC(=O)c2ccc(N([O-])O)cc2)C1OC(=O)c1ccc(N([O-])O)cc1. The van der Waals surface area contributed by atoms with E-state index in [1.165, 1.54) is 12.1 Å². The molecular formula is C28H24N3O15-3. The van der Waals surface area contributed by atoms with Crippen LogP contribution in [0.5, 0.6) is 0 Å². The molecule has 0 aliphatic carbocycles. The average molecular weight is 643 g/mol. The molecule has 1 aliphatic heterocycles. The molecule has 0 saturated carbocycles. The highest BCUT2D eigenvalue weighted by molar-refractivity contribution is 5.93. The van der Waals surface area contributed by atoms with Gasteiger partial charge in [0.25, 0.3) is 0 Å². The third kappa shape index (κ3) is 7.83. The first-order valence-electron chi connectivity index (χ1n) is 13.0. The summed E-state index contributed by atoms with van der Waals surface area (Å²) >= 11 is 0. The Labute approximate surface area is 258 Å². The van der Waals surface area contributed by atoms with Gasteiger partial charge in [-0.05, 0) is 72.8 Å². The molecule has 3 aromatic carbocycles. The lowest BCUT2D eigenvalue weighted by molar-refractivity contribution is -0.161. The topological polar surface area (TPSA) is 254 Å². The van der Waals surface area contributed by atoms with Crippen LogP contribution < -0.4 is 15.7 Å². The summed E-state index contributed by atoms with van der Waals surface area (Å²) in [6.45, 7) is -0.471. The first kappa shape index (κ1) is 33.6. The molecular weight excluding hydrogens is 618 g/mol. The largest absolute Gasteiger partial charge is 0.733 e. The number of methoxy groups -OCH3 is 1. The Hall–Kier alpha value is -5.34. The highest BCUT2D eigenvalue weighted by Gasteiger charge is 2.51.